The summed E-state index contributed by atoms with van der Waals surface area (Å²) in [6.45, 7) is 2.65. The number of hydrogen-bond donors (Lipinski definition) is 1. The number of carbonyl (C=O) groups excluding carboxylic acids is 1. The highest BCUT2D eigenvalue weighted by Gasteiger charge is 2.35. The summed E-state index contributed by atoms with van der Waals surface area (Å²) in [4.78, 5) is 14.4. The van der Waals surface area contributed by atoms with Crippen LogP contribution in [0.2, 0.25) is 0 Å². The van der Waals surface area contributed by atoms with Crippen LogP contribution in [0.15, 0.2) is 24.3 Å². The minimum absolute atomic E-state index is 0.0461. The maximum absolute atomic E-state index is 12.6. The zero-order valence-corrected chi connectivity index (χ0v) is 10.7. The zero-order valence-electron chi connectivity index (χ0n) is 10.7. The van der Waals surface area contributed by atoms with Gasteiger partial charge in [-0.05, 0) is 6.07 Å². The van der Waals surface area contributed by atoms with E-state index in [0.717, 1.165) is 11.3 Å². The molecule has 1 aromatic rings. The molecule has 1 fully saturated rings. The largest absolute Gasteiger partial charge is 0.492 e. The number of nitrogens with two attached hydrogens (primary N) is 1. The number of fused-ring (bicyclic) bond motifs is 1. The number of ether oxygens (including phenoxy) is 2. The van der Waals surface area contributed by atoms with Crippen LogP contribution in [0, 0.1) is 0 Å². The first-order valence-electron chi connectivity index (χ1n) is 6.62. The standard InChI is InChI=1S/C14H18N2O3/c15-7-10-8-16(5-6-18-10)14(17)12-9-19-13-4-2-1-3-11(12)13/h1-4,10,12H,5-9,15H2/t10-,12-/m1/s1. The van der Waals surface area contributed by atoms with Gasteiger partial charge < -0.3 is 20.1 Å². The summed E-state index contributed by atoms with van der Waals surface area (Å²) in [5, 5.41) is 0. The van der Waals surface area contributed by atoms with E-state index in [9.17, 15) is 4.79 Å². The molecular formula is C14H18N2O3. The van der Waals surface area contributed by atoms with E-state index in [1.165, 1.54) is 0 Å². The van der Waals surface area contributed by atoms with Gasteiger partial charge in [0.1, 0.15) is 18.3 Å². The maximum atomic E-state index is 12.6. The van der Waals surface area contributed by atoms with Gasteiger partial charge in [-0.1, -0.05) is 18.2 Å². The third-order valence-corrected chi connectivity index (χ3v) is 3.71. The fourth-order valence-electron chi connectivity index (χ4n) is 2.65. The van der Waals surface area contributed by atoms with Gasteiger partial charge >= 0.3 is 0 Å². The van der Waals surface area contributed by atoms with Gasteiger partial charge in [-0.2, -0.15) is 0 Å². The van der Waals surface area contributed by atoms with E-state index in [-0.39, 0.29) is 17.9 Å². The Morgan fingerprint density at radius 3 is 3.11 bits per heavy atom. The number of amides is 1. The first-order valence-corrected chi connectivity index (χ1v) is 6.62. The van der Waals surface area contributed by atoms with E-state index in [2.05, 4.69) is 0 Å². The number of carbonyl (C=O) groups is 1. The van der Waals surface area contributed by atoms with E-state index in [1.54, 1.807) is 0 Å². The molecule has 5 heteroatoms. The smallest absolute Gasteiger partial charge is 0.233 e. The Labute approximate surface area is 112 Å². The van der Waals surface area contributed by atoms with Crippen molar-refractivity contribution in [2.24, 2.45) is 5.73 Å². The molecule has 5 nitrogen and oxygen atoms in total. The molecule has 1 aromatic carbocycles. The van der Waals surface area contributed by atoms with Gasteiger partial charge in [0, 0.05) is 25.2 Å². The van der Waals surface area contributed by atoms with E-state index in [4.69, 9.17) is 15.2 Å². The first-order chi connectivity index (χ1) is 9.29. The van der Waals surface area contributed by atoms with Gasteiger partial charge in [-0.15, -0.1) is 0 Å². The van der Waals surface area contributed by atoms with Gasteiger partial charge in [-0.25, -0.2) is 0 Å². The molecule has 2 atom stereocenters. The molecule has 102 valence electrons. The van der Waals surface area contributed by atoms with E-state index in [1.807, 2.05) is 29.2 Å². The highest BCUT2D eigenvalue weighted by atomic mass is 16.5. The summed E-state index contributed by atoms with van der Waals surface area (Å²) in [6.07, 6.45) is -0.0461. The Balaban J connectivity index is 1.75. The second-order valence-electron chi connectivity index (χ2n) is 4.91. The van der Waals surface area contributed by atoms with Gasteiger partial charge in [0.15, 0.2) is 0 Å². The average Bonchev–Trinajstić information content (AvgIpc) is 2.90. The molecule has 0 radical (unpaired) electrons. The molecule has 1 saturated heterocycles. The molecule has 0 aromatic heterocycles. The number of morpholine rings is 1. The van der Waals surface area contributed by atoms with Crippen molar-refractivity contribution in [3.8, 4) is 5.75 Å². The van der Waals surface area contributed by atoms with E-state index < -0.39 is 0 Å². The lowest BCUT2D eigenvalue weighted by molar-refractivity contribution is -0.140. The van der Waals surface area contributed by atoms with Crippen molar-refractivity contribution < 1.29 is 14.3 Å². The summed E-state index contributed by atoms with van der Waals surface area (Å²) < 4.78 is 11.1. The Morgan fingerprint density at radius 1 is 1.42 bits per heavy atom. The molecule has 0 bridgehead atoms. The molecule has 2 aliphatic heterocycles. The van der Waals surface area contributed by atoms with Crippen LogP contribution in [0.5, 0.6) is 5.75 Å². The van der Waals surface area contributed by atoms with Crippen LogP contribution in [0.1, 0.15) is 11.5 Å². The van der Waals surface area contributed by atoms with Crippen molar-refractivity contribution in [2.45, 2.75) is 12.0 Å². The van der Waals surface area contributed by atoms with Crippen molar-refractivity contribution >= 4 is 5.91 Å². The molecule has 1 amide bonds. The van der Waals surface area contributed by atoms with Gasteiger partial charge in [0.25, 0.3) is 0 Å². The lowest BCUT2D eigenvalue weighted by Crippen LogP contribution is -2.49. The molecule has 2 N–H and O–H groups in total. The lowest BCUT2D eigenvalue weighted by atomic mass is 9.99. The van der Waals surface area contributed by atoms with Crippen LogP contribution in [0.25, 0.3) is 0 Å². The summed E-state index contributed by atoms with van der Waals surface area (Å²) in [7, 11) is 0. The zero-order chi connectivity index (χ0) is 13.2. The first kappa shape index (κ1) is 12.4. The fraction of sp³-hybridized carbons (Fsp3) is 0.500. The van der Waals surface area contributed by atoms with Gasteiger partial charge in [0.05, 0.1) is 12.7 Å². The number of nitrogens with zero attached hydrogens (tertiary/aromatic N) is 1. The Kier molecular flexibility index (Phi) is 3.40. The van der Waals surface area contributed by atoms with Crippen LogP contribution in [-0.4, -0.2) is 49.8 Å². The second-order valence-corrected chi connectivity index (χ2v) is 4.91. The molecular weight excluding hydrogens is 244 g/mol. The Morgan fingerprint density at radius 2 is 2.26 bits per heavy atom. The fourth-order valence-corrected chi connectivity index (χ4v) is 2.65. The third kappa shape index (κ3) is 2.31. The number of hydrogen-bond acceptors (Lipinski definition) is 4. The molecule has 19 heavy (non-hydrogen) atoms. The second kappa shape index (κ2) is 5.19. The van der Waals surface area contributed by atoms with Crippen LogP contribution in [0.4, 0.5) is 0 Å². The minimum atomic E-state index is -0.187. The summed E-state index contributed by atoms with van der Waals surface area (Å²) >= 11 is 0. The highest BCUT2D eigenvalue weighted by Crippen LogP contribution is 2.34. The third-order valence-electron chi connectivity index (χ3n) is 3.71. The molecule has 0 saturated carbocycles. The van der Waals surface area contributed by atoms with Crippen LogP contribution < -0.4 is 10.5 Å². The number of para-hydroxylation sites is 1. The minimum Gasteiger partial charge on any atom is -0.492 e. The van der Waals surface area contributed by atoms with Crippen LogP contribution in [0.3, 0.4) is 0 Å². The Hall–Kier alpha value is -1.59. The Bertz CT molecular complexity index is 478. The molecule has 2 heterocycles. The van der Waals surface area contributed by atoms with Gasteiger partial charge in [0.2, 0.25) is 5.91 Å². The highest BCUT2D eigenvalue weighted by molar-refractivity contribution is 5.85. The van der Waals surface area contributed by atoms with Crippen molar-refractivity contribution in [3.63, 3.8) is 0 Å². The predicted octanol–water partition coefficient (Wildman–Crippen LogP) is 0.349. The van der Waals surface area contributed by atoms with Crippen molar-refractivity contribution in [1.82, 2.24) is 4.90 Å². The quantitative estimate of drug-likeness (QED) is 0.835. The van der Waals surface area contributed by atoms with Crippen LogP contribution >= 0.6 is 0 Å². The van der Waals surface area contributed by atoms with Crippen molar-refractivity contribution in [2.75, 3.05) is 32.8 Å². The molecule has 3 rings (SSSR count). The SMILES string of the molecule is NC[C@@H]1CN(C(=O)[C@@H]2COc3ccccc32)CCO1. The topological polar surface area (TPSA) is 64.8 Å². The molecule has 0 aliphatic carbocycles. The van der Waals surface area contributed by atoms with Crippen molar-refractivity contribution in [3.05, 3.63) is 29.8 Å². The molecule has 2 aliphatic rings. The van der Waals surface area contributed by atoms with E-state index in [0.29, 0.717) is 32.8 Å². The summed E-state index contributed by atoms with van der Waals surface area (Å²) in [6, 6.07) is 7.73. The van der Waals surface area contributed by atoms with Crippen molar-refractivity contribution in [1.29, 1.82) is 0 Å². The normalized spacial score (nSPS) is 25.8. The van der Waals surface area contributed by atoms with E-state index >= 15 is 0 Å². The number of benzene rings is 1. The average molecular weight is 262 g/mol. The molecule has 0 unspecified atom stereocenters. The van der Waals surface area contributed by atoms with Crippen LogP contribution in [-0.2, 0) is 9.53 Å². The maximum Gasteiger partial charge on any atom is 0.233 e. The molecule has 0 spiro atoms. The number of rotatable bonds is 2. The summed E-state index contributed by atoms with van der Waals surface area (Å²) in [5.74, 6) is 0.754. The predicted molar refractivity (Wildman–Crippen MR) is 70.1 cm³/mol. The lowest BCUT2D eigenvalue weighted by Gasteiger charge is -2.33. The monoisotopic (exact) mass is 262 g/mol. The summed E-state index contributed by atoms with van der Waals surface area (Å²) in [5.41, 5.74) is 6.60. The van der Waals surface area contributed by atoms with Gasteiger partial charge in [-0.3, -0.25) is 4.79 Å².